The van der Waals surface area contributed by atoms with E-state index in [4.69, 9.17) is 4.74 Å². The van der Waals surface area contributed by atoms with E-state index in [-0.39, 0.29) is 6.03 Å². The second-order valence-corrected chi connectivity index (χ2v) is 9.28. The van der Waals surface area contributed by atoms with Crippen molar-refractivity contribution >= 4 is 17.5 Å². The first-order valence-corrected chi connectivity index (χ1v) is 12.5. The van der Waals surface area contributed by atoms with Gasteiger partial charge < -0.3 is 25.2 Å². The third-order valence-corrected chi connectivity index (χ3v) is 6.00. The summed E-state index contributed by atoms with van der Waals surface area (Å²) in [7, 11) is 6.19. The largest absolute Gasteiger partial charge is 0.488 e. The Morgan fingerprint density at radius 3 is 2.47 bits per heavy atom. The number of carbonyl (C=O) groups excluding carboxylic acids is 1. The molecule has 2 N–H and O–H groups in total. The van der Waals surface area contributed by atoms with Crippen LogP contribution in [0.1, 0.15) is 11.1 Å². The molecule has 4 rings (SSSR count). The molecule has 0 fully saturated rings. The molecule has 0 unspecified atom stereocenters. The number of benzene rings is 2. The molecule has 0 aliphatic rings. The highest BCUT2D eigenvalue weighted by molar-refractivity contribution is 5.89. The lowest BCUT2D eigenvalue weighted by atomic mass is 10.1. The quantitative estimate of drug-likeness (QED) is 0.294. The number of ether oxygens (including phenoxy) is 1. The molecular weight excluding hydrogens is 476 g/mol. The Morgan fingerprint density at radius 1 is 0.895 bits per heavy atom. The molecule has 8 heteroatoms. The van der Waals surface area contributed by atoms with Gasteiger partial charge in [-0.1, -0.05) is 36.4 Å². The monoisotopic (exact) mass is 510 g/mol. The molecule has 0 bridgehead atoms. The van der Waals surface area contributed by atoms with E-state index in [0.29, 0.717) is 18.8 Å². The molecular formula is C30H34N6O2. The predicted octanol–water partition coefficient (Wildman–Crippen LogP) is 5.04. The molecule has 0 spiro atoms. The predicted molar refractivity (Wildman–Crippen MR) is 152 cm³/mol. The number of hydrogen-bond acceptors (Lipinski definition) is 6. The second kappa shape index (κ2) is 13.2. The molecule has 2 amide bonds. The fraction of sp³-hybridized carbons (Fsp3) is 0.233. The van der Waals surface area contributed by atoms with Crippen molar-refractivity contribution < 1.29 is 9.53 Å². The number of likely N-dealkylation sites (N-methyl/N-ethyl adjacent to an activating group) is 2. The highest BCUT2D eigenvalue weighted by Gasteiger charge is 2.10. The minimum absolute atomic E-state index is 0.268. The summed E-state index contributed by atoms with van der Waals surface area (Å²) in [5.74, 6) is 1.73. The lowest BCUT2D eigenvalue weighted by Gasteiger charge is -2.21. The Balaban J connectivity index is 1.35. The van der Waals surface area contributed by atoms with Crippen molar-refractivity contribution in [2.45, 2.75) is 13.2 Å². The van der Waals surface area contributed by atoms with Crippen molar-refractivity contribution in [2.24, 2.45) is 0 Å². The summed E-state index contributed by atoms with van der Waals surface area (Å²) >= 11 is 0. The maximum absolute atomic E-state index is 12.2. The average molecular weight is 511 g/mol. The van der Waals surface area contributed by atoms with Gasteiger partial charge in [-0.25, -0.2) is 9.78 Å². The van der Waals surface area contributed by atoms with E-state index in [1.807, 2.05) is 66.9 Å². The van der Waals surface area contributed by atoms with E-state index >= 15 is 0 Å². The van der Waals surface area contributed by atoms with Crippen molar-refractivity contribution in [2.75, 3.05) is 44.4 Å². The van der Waals surface area contributed by atoms with Crippen LogP contribution in [0.15, 0.2) is 91.4 Å². The molecule has 0 aliphatic carbocycles. The lowest BCUT2D eigenvalue weighted by molar-refractivity contribution is 0.251. The summed E-state index contributed by atoms with van der Waals surface area (Å²) in [4.78, 5) is 25.1. The van der Waals surface area contributed by atoms with Gasteiger partial charge in [-0.2, -0.15) is 0 Å². The van der Waals surface area contributed by atoms with Crippen LogP contribution in [0.5, 0.6) is 5.75 Å². The van der Waals surface area contributed by atoms with Crippen LogP contribution in [0.4, 0.5) is 16.3 Å². The normalized spacial score (nSPS) is 10.7. The van der Waals surface area contributed by atoms with Crippen LogP contribution in [0.25, 0.3) is 11.1 Å². The van der Waals surface area contributed by atoms with E-state index in [2.05, 4.69) is 63.7 Å². The number of carbonyl (C=O) groups is 1. The van der Waals surface area contributed by atoms with Gasteiger partial charge in [0, 0.05) is 56.5 Å². The molecule has 196 valence electrons. The van der Waals surface area contributed by atoms with Crippen LogP contribution in [0, 0.1) is 0 Å². The Kier molecular flexibility index (Phi) is 9.26. The van der Waals surface area contributed by atoms with E-state index in [0.717, 1.165) is 46.9 Å². The van der Waals surface area contributed by atoms with Gasteiger partial charge in [-0.3, -0.25) is 4.98 Å². The van der Waals surface area contributed by atoms with Gasteiger partial charge in [0.15, 0.2) is 0 Å². The first-order valence-electron chi connectivity index (χ1n) is 12.5. The molecule has 2 aromatic heterocycles. The maximum Gasteiger partial charge on any atom is 0.319 e. The first-order chi connectivity index (χ1) is 18.5. The summed E-state index contributed by atoms with van der Waals surface area (Å²) in [5, 5.41) is 5.68. The van der Waals surface area contributed by atoms with Crippen LogP contribution < -0.4 is 20.3 Å². The van der Waals surface area contributed by atoms with Crippen molar-refractivity contribution in [1.29, 1.82) is 0 Å². The van der Waals surface area contributed by atoms with E-state index in [9.17, 15) is 4.79 Å². The van der Waals surface area contributed by atoms with E-state index in [1.54, 1.807) is 12.4 Å². The second-order valence-electron chi connectivity index (χ2n) is 9.28. The summed E-state index contributed by atoms with van der Waals surface area (Å²) in [5.41, 5.74) is 4.72. The molecule has 38 heavy (non-hydrogen) atoms. The van der Waals surface area contributed by atoms with Crippen molar-refractivity contribution in [1.82, 2.24) is 20.2 Å². The van der Waals surface area contributed by atoms with Crippen LogP contribution in [0.3, 0.4) is 0 Å². The Bertz CT molecular complexity index is 1310. The fourth-order valence-corrected chi connectivity index (χ4v) is 3.80. The third kappa shape index (κ3) is 7.78. The number of amides is 2. The molecule has 0 aliphatic heterocycles. The van der Waals surface area contributed by atoms with Gasteiger partial charge in [0.1, 0.15) is 18.2 Å². The van der Waals surface area contributed by atoms with Crippen LogP contribution in [-0.2, 0) is 13.2 Å². The lowest BCUT2D eigenvalue weighted by Crippen LogP contribution is -2.28. The zero-order valence-electron chi connectivity index (χ0n) is 22.1. The number of nitrogens with one attached hydrogen (secondary N) is 2. The number of pyridine rings is 2. The van der Waals surface area contributed by atoms with E-state index in [1.165, 1.54) is 0 Å². The van der Waals surface area contributed by atoms with Gasteiger partial charge in [-0.05, 0) is 67.2 Å². The highest BCUT2D eigenvalue weighted by Crippen LogP contribution is 2.31. The third-order valence-electron chi connectivity index (χ3n) is 6.00. The van der Waals surface area contributed by atoms with Crippen LogP contribution >= 0.6 is 0 Å². The van der Waals surface area contributed by atoms with Gasteiger partial charge in [0.2, 0.25) is 0 Å². The van der Waals surface area contributed by atoms with Gasteiger partial charge in [-0.15, -0.1) is 0 Å². The minimum Gasteiger partial charge on any atom is -0.488 e. The fourth-order valence-electron chi connectivity index (χ4n) is 3.80. The Labute approximate surface area is 224 Å². The first kappa shape index (κ1) is 26.6. The molecule has 0 saturated carbocycles. The number of aromatic nitrogens is 2. The Hall–Kier alpha value is -4.43. The topological polar surface area (TPSA) is 82.6 Å². The van der Waals surface area contributed by atoms with Crippen molar-refractivity contribution in [3.63, 3.8) is 0 Å². The standard InChI is InChI=1S/C30H34N6O2/c1-35(2)17-18-36(3)29-19-25(14-16-32-29)27-8-4-5-9-28(27)38-22-23-10-12-26(13-11-23)34-30(37)33-21-24-7-6-15-31-20-24/h4-16,19-20H,17-18,21-22H2,1-3H3,(H2,33,34,37). The summed E-state index contributed by atoms with van der Waals surface area (Å²) in [6, 6.07) is 23.2. The average Bonchev–Trinajstić information content (AvgIpc) is 2.95. The molecule has 2 aromatic carbocycles. The molecule has 2 heterocycles. The molecule has 0 atom stereocenters. The zero-order chi connectivity index (χ0) is 26.7. The summed E-state index contributed by atoms with van der Waals surface area (Å²) in [6.07, 6.45) is 5.27. The number of hydrogen-bond donors (Lipinski definition) is 2. The number of nitrogens with zero attached hydrogens (tertiary/aromatic N) is 4. The molecule has 4 aromatic rings. The van der Waals surface area contributed by atoms with Crippen molar-refractivity contribution in [3.05, 3.63) is 103 Å². The SMILES string of the molecule is CN(C)CCN(C)c1cc(-c2ccccc2OCc2ccc(NC(=O)NCc3cccnc3)cc2)ccn1. The number of rotatable bonds is 11. The molecule has 8 nitrogen and oxygen atoms in total. The van der Waals surface area contributed by atoms with E-state index < -0.39 is 0 Å². The zero-order valence-corrected chi connectivity index (χ0v) is 22.1. The number of para-hydroxylation sites is 1. The number of urea groups is 1. The highest BCUT2D eigenvalue weighted by atomic mass is 16.5. The maximum atomic E-state index is 12.2. The van der Waals surface area contributed by atoms with Crippen molar-refractivity contribution in [3.8, 4) is 16.9 Å². The minimum atomic E-state index is -0.268. The van der Waals surface area contributed by atoms with Gasteiger partial charge >= 0.3 is 6.03 Å². The van der Waals surface area contributed by atoms with Crippen LogP contribution in [-0.4, -0.2) is 55.1 Å². The smallest absolute Gasteiger partial charge is 0.319 e. The summed E-state index contributed by atoms with van der Waals surface area (Å²) < 4.78 is 6.22. The number of anilines is 2. The van der Waals surface area contributed by atoms with Gasteiger partial charge in [0.05, 0.1) is 0 Å². The van der Waals surface area contributed by atoms with Gasteiger partial charge in [0.25, 0.3) is 0 Å². The molecule has 0 radical (unpaired) electrons. The Morgan fingerprint density at radius 2 is 1.71 bits per heavy atom. The molecule has 0 saturated heterocycles. The summed E-state index contributed by atoms with van der Waals surface area (Å²) in [6.45, 7) is 2.66. The van der Waals surface area contributed by atoms with Crippen LogP contribution in [0.2, 0.25) is 0 Å².